The van der Waals surface area contributed by atoms with Crippen molar-refractivity contribution >= 4 is 40.6 Å². The van der Waals surface area contributed by atoms with Gasteiger partial charge in [0, 0.05) is 24.9 Å². The van der Waals surface area contributed by atoms with Gasteiger partial charge >= 0.3 is 0 Å². The van der Waals surface area contributed by atoms with Crippen LogP contribution in [0.25, 0.3) is 0 Å². The van der Waals surface area contributed by atoms with Crippen molar-refractivity contribution < 1.29 is 33.0 Å². The lowest BCUT2D eigenvalue weighted by Gasteiger charge is -2.30. The van der Waals surface area contributed by atoms with Gasteiger partial charge in [-0.1, -0.05) is 0 Å². The molecule has 0 aliphatic carbocycles. The maximum atomic E-state index is 14.0. The molecule has 1 saturated heterocycles. The second kappa shape index (κ2) is 10.1. The van der Waals surface area contributed by atoms with E-state index in [1.54, 1.807) is 37.3 Å². The molecular formula is C24H25N5O7S. The highest BCUT2D eigenvalue weighted by molar-refractivity contribution is 7.09. The Balaban J connectivity index is 1.59. The molecule has 2 unspecified atom stereocenters. The first-order valence-electron chi connectivity index (χ1n) is 11.6. The molecular weight excluding hydrogens is 502 g/mol. The number of nitrogen functional groups attached to an aromatic ring is 1. The monoisotopic (exact) mass is 527 g/mol. The quantitative estimate of drug-likeness (QED) is 0.397. The van der Waals surface area contributed by atoms with Crippen LogP contribution in [0.1, 0.15) is 50.6 Å². The zero-order chi connectivity index (χ0) is 26.1. The second-order valence-corrected chi connectivity index (χ2v) is 9.36. The first-order chi connectivity index (χ1) is 17.8. The zero-order valence-electron chi connectivity index (χ0n) is 19.9. The molecule has 12 nitrogen and oxygen atoms in total. The maximum absolute atomic E-state index is 14.0. The highest BCUT2D eigenvalue weighted by atomic mass is 32.1. The summed E-state index contributed by atoms with van der Waals surface area (Å²) in [5.41, 5.74) is 11.4. The number of nitrogens with zero attached hydrogens (tertiary/aromatic N) is 2. The lowest BCUT2D eigenvalue weighted by Crippen LogP contribution is -2.45. The average Bonchev–Trinajstić information content (AvgIpc) is 3.68. The van der Waals surface area contributed by atoms with Crippen LogP contribution < -0.4 is 31.2 Å². The van der Waals surface area contributed by atoms with E-state index < -0.39 is 23.8 Å². The number of aryl methyl sites for hydroxylation is 1. The fraction of sp³-hybridized carbons (Fsp3) is 0.333. The summed E-state index contributed by atoms with van der Waals surface area (Å²) in [5.74, 6) is -0.348. The number of carbonyl (C=O) groups excluding carboxylic acids is 3. The van der Waals surface area contributed by atoms with Crippen LogP contribution in [0.3, 0.4) is 0 Å². The van der Waals surface area contributed by atoms with E-state index in [2.05, 4.69) is 9.69 Å². The van der Waals surface area contributed by atoms with E-state index in [1.807, 2.05) is 0 Å². The molecule has 13 heteroatoms. The summed E-state index contributed by atoms with van der Waals surface area (Å²) in [7, 11) is 0. The fourth-order valence-corrected chi connectivity index (χ4v) is 4.99. The minimum atomic E-state index is -1.23. The molecule has 2 aliphatic heterocycles. The molecule has 5 N–H and O–H groups in total. The van der Waals surface area contributed by atoms with Crippen molar-refractivity contribution in [2.75, 3.05) is 30.6 Å². The highest BCUT2D eigenvalue weighted by Gasteiger charge is 2.38. The van der Waals surface area contributed by atoms with Gasteiger partial charge in [0.2, 0.25) is 6.79 Å². The molecule has 2 aromatic heterocycles. The summed E-state index contributed by atoms with van der Waals surface area (Å²) in [6.45, 7) is 2.67. The number of rotatable bonds is 8. The smallest absolute Gasteiger partial charge is 0.273 e. The van der Waals surface area contributed by atoms with Crippen LogP contribution in [-0.4, -0.2) is 48.1 Å². The van der Waals surface area contributed by atoms with Crippen molar-refractivity contribution in [2.24, 2.45) is 5.73 Å². The number of fused-ring (bicyclic) bond motifs is 1. The molecule has 5 rings (SSSR count). The Labute approximate surface area is 215 Å². The van der Waals surface area contributed by atoms with E-state index in [4.69, 9.17) is 30.1 Å². The third-order valence-electron chi connectivity index (χ3n) is 6.07. The summed E-state index contributed by atoms with van der Waals surface area (Å²) in [4.78, 5) is 40.7. The van der Waals surface area contributed by atoms with Crippen LogP contribution in [-0.2, 0) is 9.53 Å². The van der Waals surface area contributed by atoms with Crippen molar-refractivity contribution in [1.82, 2.24) is 9.69 Å². The van der Waals surface area contributed by atoms with Gasteiger partial charge in [-0.15, -0.1) is 0 Å². The summed E-state index contributed by atoms with van der Waals surface area (Å²) in [6, 6.07) is 6.93. The van der Waals surface area contributed by atoms with Crippen LogP contribution in [0.15, 0.2) is 34.7 Å². The molecule has 0 spiro atoms. The molecule has 0 bridgehead atoms. The lowest BCUT2D eigenvalue weighted by atomic mass is 10.1. The molecule has 0 saturated carbocycles. The molecule has 2 atom stereocenters. The minimum Gasteiger partial charge on any atom is -0.464 e. The molecule has 2 aliphatic rings. The SMILES string of the molecule is Cc1ccc(C(C(=O)NCC2CCCO2)N(C(=O)c2snc(C(N)=O)c2N)c2ccc3c(c2)OCO3)o1. The molecule has 0 radical (unpaired) electrons. The number of primary amides is 1. The summed E-state index contributed by atoms with van der Waals surface area (Å²) >= 11 is 0.719. The van der Waals surface area contributed by atoms with Crippen LogP contribution in [0.5, 0.6) is 11.5 Å². The number of hydrogen-bond acceptors (Lipinski definition) is 10. The molecule has 3 aromatic rings. The normalized spacial score (nSPS) is 16.9. The summed E-state index contributed by atoms with van der Waals surface area (Å²) in [6.07, 6.45) is 1.62. The van der Waals surface area contributed by atoms with Gasteiger partial charge in [-0.2, -0.15) is 4.37 Å². The van der Waals surface area contributed by atoms with E-state index >= 15 is 0 Å². The standard InChI is InChI=1S/C24H25N5O7S/c1-12-4-6-16(36-12)20(23(31)27-10-14-3-2-8-33-14)29(13-5-7-15-17(9-13)35-11-34-15)24(32)21-18(25)19(22(26)30)28-37-21/h4-7,9,14,20H,2-3,8,10-11,25H2,1H3,(H2,26,30)(H,27,31). The van der Waals surface area contributed by atoms with Gasteiger partial charge in [0.25, 0.3) is 17.7 Å². The van der Waals surface area contributed by atoms with Crippen molar-refractivity contribution in [3.63, 3.8) is 0 Å². The van der Waals surface area contributed by atoms with Gasteiger partial charge in [0.15, 0.2) is 23.2 Å². The van der Waals surface area contributed by atoms with Crippen LogP contribution in [0, 0.1) is 6.92 Å². The van der Waals surface area contributed by atoms with Gasteiger partial charge in [-0.05, 0) is 55.6 Å². The van der Waals surface area contributed by atoms with E-state index in [0.717, 1.165) is 24.4 Å². The third-order valence-corrected chi connectivity index (χ3v) is 6.92. The fourth-order valence-electron chi connectivity index (χ4n) is 4.25. The molecule has 194 valence electrons. The lowest BCUT2D eigenvalue weighted by molar-refractivity contribution is -0.123. The van der Waals surface area contributed by atoms with E-state index in [0.29, 0.717) is 29.6 Å². The Morgan fingerprint density at radius 2 is 2.03 bits per heavy atom. The second-order valence-electron chi connectivity index (χ2n) is 8.58. The topological polar surface area (TPSA) is 172 Å². The molecule has 3 amide bonds. The van der Waals surface area contributed by atoms with Crippen molar-refractivity contribution in [3.05, 3.63) is 52.4 Å². The van der Waals surface area contributed by atoms with Crippen molar-refractivity contribution in [1.29, 1.82) is 0 Å². The van der Waals surface area contributed by atoms with Gasteiger partial charge in [0.05, 0.1) is 11.8 Å². The van der Waals surface area contributed by atoms with E-state index in [-0.39, 0.29) is 41.5 Å². The van der Waals surface area contributed by atoms with Crippen molar-refractivity contribution in [3.8, 4) is 11.5 Å². The van der Waals surface area contributed by atoms with Gasteiger partial charge < -0.3 is 35.4 Å². The van der Waals surface area contributed by atoms with Gasteiger partial charge in [-0.25, -0.2) is 0 Å². The van der Waals surface area contributed by atoms with Crippen LogP contribution in [0.4, 0.5) is 11.4 Å². The number of furan rings is 1. The molecule has 4 heterocycles. The first-order valence-corrected chi connectivity index (χ1v) is 12.3. The third kappa shape index (κ3) is 4.82. The largest absolute Gasteiger partial charge is 0.464 e. The minimum absolute atomic E-state index is 0.0270. The van der Waals surface area contributed by atoms with Crippen LogP contribution >= 0.6 is 11.5 Å². The Bertz CT molecular complexity index is 1350. The predicted molar refractivity (Wildman–Crippen MR) is 133 cm³/mol. The molecule has 37 heavy (non-hydrogen) atoms. The number of ether oxygens (including phenoxy) is 3. The first kappa shape index (κ1) is 24.6. The predicted octanol–water partition coefficient (Wildman–Crippen LogP) is 2.14. The summed E-state index contributed by atoms with van der Waals surface area (Å²) < 4.78 is 26.3. The number of benzene rings is 1. The number of amides is 3. The number of carbonyl (C=O) groups is 3. The Morgan fingerprint density at radius 1 is 1.22 bits per heavy atom. The van der Waals surface area contributed by atoms with E-state index in [1.165, 1.54) is 4.90 Å². The van der Waals surface area contributed by atoms with Gasteiger partial charge in [-0.3, -0.25) is 19.3 Å². The highest BCUT2D eigenvalue weighted by Crippen LogP contribution is 2.40. The van der Waals surface area contributed by atoms with Gasteiger partial charge in [0.1, 0.15) is 16.4 Å². The summed E-state index contributed by atoms with van der Waals surface area (Å²) in [5, 5.41) is 2.89. The maximum Gasteiger partial charge on any atom is 0.273 e. The zero-order valence-corrected chi connectivity index (χ0v) is 20.7. The molecule has 1 aromatic carbocycles. The molecule has 1 fully saturated rings. The number of aromatic nitrogens is 1. The Kier molecular flexibility index (Phi) is 6.72. The number of hydrogen-bond donors (Lipinski definition) is 3. The Hall–Kier alpha value is -4.10. The average molecular weight is 528 g/mol. The number of anilines is 2. The number of nitrogens with one attached hydrogen (secondary N) is 1. The Morgan fingerprint density at radius 3 is 2.70 bits per heavy atom. The number of nitrogens with two attached hydrogens (primary N) is 2. The van der Waals surface area contributed by atoms with Crippen LogP contribution in [0.2, 0.25) is 0 Å². The van der Waals surface area contributed by atoms with E-state index in [9.17, 15) is 14.4 Å². The van der Waals surface area contributed by atoms with Crippen molar-refractivity contribution in [2.45, 2.75) is 31.9 Å².